The topological polar surface area (TPSA) is 37.4 Å². The molecule has 1 aromatic rings. The van der Waals surface area contributed by atoms with Gasteiger partial charge in [-0.15, -0.1) is 0 Å². The van der Waals surface area contributed by atoms with Gasteiger partial charge in [0.05, 0.1) is 12.8 Å². The Morgan fingerprint density at radius 3 is 2.75 bits per heavy atom. The predicted molar refractivity (Wildman–Crippen MR) is 82.0 cm³/mol. The first kappa shape index (κ1) is 15.3. The second kappa shape index (κ2) is 7.04. The third-order valence-corrected chi connectivity index (χ3v) is 3.67. The van der Waals surface area contributed by atoms with Crippen LogP contribution in [0.25, 0.3) is 0 Å². The van der Waals surface area contributed by atoms with Crippen LogP contribution in [0.15, 0.2) is 18.5 Å². The van der Waals surface area contributed by atoms with E-state index in [0.29, 0.717) is 6.61 Å². The smallest absolute Gasteiger partial charge is 0.137 e. The highest BCUT2D eigenvalue weighted by molar-refractivity contribution is 5.23. The van der Waals surface area contributed by atoms with Gasteiger partial charge in [-0.1, -0.05) is 0 Å². The van der Waals surface area contributed by atoms with Crippen molar-refractivity contribution in [2.75, 3.05) is 26.2 Å². The first-order chi connectivity index (χ1) is 9.59. The highest BCUT2D eigenvalue weighted by Crippen LogP contribution is 2.15. The van der Waals surface area contributed by atoms with Crippen LogP contribution < -0.4 is 10.1 Å². The molecule has 112 valence electrons. The summed E-state index contributed by atoms with van der Waals surface area (Å²) < 4.78 is 5.49. The van der Waals surface area contributed by atoms with Crippen LogP contribution in [-0.2, 0) is 6.54 Å². The van der Waals surface area contributed by atoms with Crippen LogP contribution in [0.4, 0.5) is 0 Å². The predicted octanol–water partition coefficient (Wildman–Crippen LogP) is 2.44. The zero-order valence-electron chi connectivity index (χ0n) is 13.0. The van der Waals surface area contributed by atoms with Crippen LogP contribution in [0.2, 0.25) is 0 Å². The first-order valence-electron chi connectivity index (χ1n) is 7.63. The SMILES string of the molecule is CCOc1cncc(CNC(C)(C)CN2CCCC2)c1. The van der Waals surface area contributed by atoms with Crippen LogP contribution in [0.1, 0.15) is 39.2 Å². The molecule has 0 unspecified atom stereocenters. The Labute approximate surface area is 122 Å². The molecule has 1 aromatic heterocycles. The van der Waals surface area contributed by atoms with Gasteiger partial charge in [0.15, 0.2) is 0 Å². The van der Waals surface area contributed by atoms with Crippen molar-refractivity contribution in [2.24, 2.45) is 0 Å². The van der Waals surface area contributed by atoms with Gasteiger partial charge in [-0.25, -0.2) is 0 Å². The number of hydrogen-bond acceptors (Lipinski definition) is 4. The fourth-order valence-electron chi connectivity index (χ4n) is 2.70. The molecule has 0 bridgehead atoms. The van der Waals surface area contributed by atoms with Crippen molar-refractivity contribution < 1.29 is 4.74 Å². The van der Waals surface area contributed by atoms with E-state index in [-0.39, 0.29) is 5.54 Å². The molecule has 1 fully saturated rings. The number of nitrogens with zero attached hydrogens (tertiary/aromatic N) is 2. The molecule has 0 aromatic carbocycles. The molecular weight excluding hydrogens is 250 g/mol. The van der Waals surface area contributed by atoms with E-state index in [1.165, 1.54) is 31.5 Å². The fourth-order valence-corrected chi connectivity index (χ4v) is 2.70. The highest BCUT2D eigenvalue weighted by Gasteiger charge is 2.23. The lowest BCUT2D eigenvalue weighted by atomic mass is 10.0. The number of rotatable bonds is 7. The van der Waals surface area contributed by atoms with E-state index in [9.17, 15) is 0 Å². The van der Waals surface area contributed by atoms with Gasteiger partial charge < -0.3 is 15.0 Å². The minimum Gasteiger partial charge on any atom is -0.492 e. The monoisotopic (exact) mass is 277 g/mol. The van der Waals surface area contributed by atoms with Crippen LogP contribution in [-0.4, -0.2) is 41.7 Å². The summed E-state index contributed by atoms with van der Waals surface area (Å²) in [5.74, 6) is 0.851. The third kappa shape index (κ3) is 4.76. The Morgan fingerprint density at radius 2 is 2.05 bits per heavy atom. The molecule has 1 N–H and O–H groups in total. The fraction of sp³-hybridized carbons (Fsp3) is 0.688. The number of ether oxygens (including phenoxy) is 1. The molecule has 0 radical (unpaired) electrons. The molecule has 1 aliphatic rings. The first-order valence-corrected chi connectivity index (χ1v) is 7.63. The third-order valence-electron chi connectivity index (χ3n) is 3.67. The number of pyridine rings is 1. The molecule has 4 nitrogen and oxygen atoms in total. The summed E-state index contributed by atoms with van der Waals surface area (Å²) in [6, 6.07) is 2.06. The summed E-state index contributed by atoms with van der Waals surface area (Å²) in [6.07, 6.45) is 6.36. The average Bonchev–Trinajstić information content (AvgIpc) is 2.90. The molecular formula is C16H27N3O. The molecule has 0 saturated carbocycles. The van der Waals surface area contributed by atoms with Crippen LogP contribution in [0, 0.1) is 0 Å². The summed E-state index contributed by atoms with van der Waals surface area (Å²) in [5, 5.41) is 3.63. The molecule has 0 aliphatic carbocycles. The number of aromatic nitrogens is 1. The van der Waals surface area contributed by atoms with Gasteiger partial charge in [0, 0.05) is 24.8 Å². The Balaban J connectivity index is 1.84. The molecule has 1 aliphatic heterocycles. The summed E-state index contributed by atoms with van der Waals surface area (Å²) >= 11 is 0. The lowest BCUT2D eigenvalue weighted by Gasteiger charge is -2.31. The van der Waals surface area contributed by atoms with Crippen molar-refractivity contribution in [3.8, 4) is 5.75 Å². The Hall–Kier alpha value is -1.13. The Morgan fingerprint density at radius 1 is 1.30 bits per heavy atom. The highest BCUT2D eigenvalue weighted by atomic mass is 16.5. The Kier molecular flexibility index (Phi) is 5.38. The van der Waals surface area contributed by atoms with Crippen molar-refractivity contribution in [3.63, 3.8) is 0 Å². The number of likely N-dealkylation sites (tertiary alicyclic amines) is 1. The standard InChI is InChI=1S/C16H27N3O/c1-4-20-15-9-14(10-17-12-15)11-18-16(2,3)13-19-7-5-6-8-19/h9-10,12,18H,4-8,11,13H2,1-3H3. The second-order valence-corrected chi connectivity index (χ2v) is 6.18. The normalized spacial score (nSPS) is 16.6. The van der Waals surface area contributed by atoms with E-state index in [4.69, 9.17) is 4.74 Å². The summed E-state index contributed by atoms with van der Waals surface area (Å²) in [5.41, 5.74) is 1.29. The zero-order valence-corrected chi connectivity index (χ0v) is 13.0. The second-order valence-electron chi connectivity index (χ2n) is 6.18. The van der Waals surface area contributed by atoms with Gasteiger partial charge in [0.1, 0.15) is 5.75 Å². The minimum absolute atomic E-state index is 0.117. The average molecular weight is 277 g/mol. The largest absolute Gasteiger partial charge is 0.492 e. The van der Waals surface area contributed by atoms with E-state index in [2.05, 4.69) is 35.1 Å². The van der Waals surface area contributed by atoms with E-state index in [1.807, 2.05) is 13.1 Å². The van der Waals surface area contributed by atoms with Crippen molar-refractivity contribution in [3.05, 3.63) is 24.0 Å². The van der Waals surface area contributed by atoms with E-state index < -0.39 is 0 Å². The minimum atomic E-state index is 0.117. The lowest BCUT2D eigenvalue weighted by Crippen LogP contribution is -2.48. The van der Waals surface area contributed by atoms with E-state index >= 15 is 0 Å². The van der Waals surface area contributed by atoms with E-state index in [0.717, 1.165) is 18.8 Å². The van der Waals surface area contributed by atoms with Crippen molar-refractivity contribution in [1.82, 2.24) is 15.2 Å². The van der Waals surface area contributed by atoms with Crippen molar-refractivity contribution in [2.45, 2.75) is 45.7 Å². The number of hydrogen-bond donors (Lipinski definition) is 1. The van der Waals surface area contributed by atoms with Gasteiger partial charge in [0.25, 0.3) is 0 Å². The van der Waals surface area contributed by atoms with Crippen molar-refractivity contribution in [1.29, 1.82) is 0 Å². The van der Waals surface area contributed by atoms with Gasteiger partial charge in [0.2, 0.25) is 0 Å². The quantitative estimate of drug-likeness (QED) is 0.830. The summed E-state index contributed by atoms with van der Waals surface area (Å²) in [7, 11) is 0. The molecule has 20 heavy (non-hydrogen) atoms. The Bertz CT molecular complexity index is 414. The maximum absolute atomic E-state index is 5.49. The van der Waals surface area contributed by atoms with Crippen LogP contribution >= 0.6 is 0 Å². The van der Waals surface area contributed by atoms with Gasteiger partial charge >= 0.3 is 0 Å². The molecule has 4 heteroatoms. The van der Waals surface area contributed by atoms with Crippen LogP contribution in [0.5, 0.6) is 5.75 Å². The van der Waals surface area contributed by atoms with Gasteiger partial charge in [-0.2, -0.15) is 0 Å². The maximum Gasteiger partial charge on any atom is 0.137 e. The summed E-state index contributed by atoms with van der Waals surface area (Å²) in [4.78, 5) is 6.78. The molecule has 2 heterocycles. The maximum atomic E-state index is 5.49. The molecule has 0 atom stereocenters. The van der Waals surface area contributed by atoms with Gasteiger partial charge in [-0.3, -0.25) is 4.98 Å². The van der Waals surface area contributed by atoms with E-state index in [1.54, 1.807) is 6.20 Å². The van der Waals surface area contributed by atoms with Crippen molar-refractivity contribution >= 4 is 0 Å². The van der Waals surface area contributed by atoms with Gasteiger partial charge in [-0.05, 0) is 58.3 Å². The summed E-state index contributed by atoms with van der Waals surface area (Å²) in [6.45, 7) is 11.6. The lowest BCUT2D eigenvalue weighted by molar-refractivity contribution is 0.234. The van der Waals surface area contributed by atoms with Crippen LogP contribution in [0.3, 0.4) is 0 Å². The molecule has 2 rings (SSSR count). The molecule has 1 saturated heterocycles. The number of nitrogens with one attached hydrogen (secondary N) is 1. The zero-order chi connectivity index (χ0) is 14.4. The molecule has 0 amide bonds. The molecule has 0 spiro atoms.